The summed E-state index contributed by atoms with van der Waals surface area (Å²) in [6, 6.07) is 4.40. The molecule has 2 rings (SSSR count). The minimum absolute atomic E-state index is 0.00725. The first-order valence-electron chi connectivity index (χ1n) is 5.69. The Morgan fingerprint density at radius 3 is 2.50 bits per heavy atom. The van der Waals surface area contributed by atoms with Gasteiger partial charge in [-0.25, -0.2) is 13.6 Å². The third-order valence-electron chi connectivity index (χ3n) is 2.64. The van der Waals surface area contributed by atoms with Gasteiger partial charge in [-0.05, 0) is 24.3 Å². The highest BCUT2D eigenvalue weighted by Crippen LogP contribution is 2.37. The highest BCUT2D eigenvalue weighted by Gasteiger charge is 2.33. The smallest absolute Gasteiger partial charge is 0.354 e. The van der Waals surface area contributed by atoms with Crippen molar-refractivity contribution in [2.75, 3.05) is 5.32 Å². The maximum atomic E-state index is 12.8. The average molecular weight is 352 g/mol. The summed E-state index contributed by atoms with van der Waals surface area (Å²) < 4.78 is 61.2. The van der Waals surface area contributed by atoms with E-state index < -0.39 is 26.8 Å². The van der Waals surface area contributed by atoms with Crippen molar-refractivity contribution in [1.29, 1.82) is 0 Å². The van der Waals surface area contributed by atoms with Crippen LogP contribution in [-0.4, -0.2) is 13.4 Å². The second-order valence-electron chi connectivity index (χ2n) is 4.23. The Morgan fingerprint density at radius 1 is 1.23 bits per heavy atom. The molecule has 0 spiro atoms. The molecular formula is C12H9ClF3N3O2S. The molecule has 10 heteroatoms. The molecule has 118 valence electrons. The molecule has 0 aliphatic heterocycles. The number of alkyl halides is 3. The predicted octanol–water partition coefficient (Wildman–Crippen LogP) is 3.14. The van der Waals surface area contributed by atoms with Gasteiger partial charge < -0.3 is 5.32 Å². The molecule has 0 amide bonds. The maximum absolute atomic E-state index is 12.8. The van der Waals surface area contributed by atoms with Crippen molar-refractivity contribution in [2.24, 2.45) is 5.14 Å². The zero-order chi connectivity index (χ0) is 16.5. The molecule has 2 aromatic rings. The lowest BCUT2D eigenvalue weighted by molar-refractivity contribution is -0.137. The van der Waals surface area contributed by atoms with E-state index >= 15 is 0 Å². The zero-order valence-corrected chi connectivity index (χ0v) is 12.3. The van der Waals surface area contributed by atoms with Gasteiger partial charge in [0.25, 0.3) is 0 Å². The molecule has 22 heavy (non-hydrogen) atoms. The van der Waals surface area contributed by atoms with Crippen LogP contribution in [0.2, 0.25) is 5.02 Å². The summed E-state index contributed by atoms with van der Waals surface area (Å²) in [5.41, 5.74) is -1.02. The number of anilines is 2. The number of hydrogen-bond acceptors (Lipinski definition) is 4. The largest absolute Gasteiger partial charge is 0.417 e. The molecule has 0 fully saturated rings. The number of sulfonamides is 1. The van der Waals surface area contributed by atoms with Gasteiger partial charge in [0.15, 0.2) is 0 Å². The number of pyridine rings is 1. The minimum Gasteiger partial charge on any atom is -0.354 e. The first-order valence-corrected chi connectivity index (χ1v) is 7.62. The van der Waals surface area contributed by atoms with E-state index in [1.165, 1.54) is 18.3 Å². The van der Waals surface area contributed by atoms with Crippen LogP contribution in [0.15, 0.2) is 41.6 Å². The Labute approximate surface area is 129 Å². The fraction of sp³-hybridized carbons (Fsp3) is 0.0833. The number of benzene rings is 1. The average Bonchev–Trinajstić information content (AvgIpc) is 2.39. The SMILES string of the molecule is NS(=O)(=O)c1cnccc1Nc1ccc(Cl)c(C(F)(F)F)c1. The quantitative estimate of drug-likeness (QED) is 0.889. The van der Waals surface area contributed by atoms with Crippen molar-refractivity contribution in [3.8, 4) is 0 Å². The summed E-state index contributed by atoms with van der Waals surface area (Å²) in [7, 11) is -4.07. The lowest BCUT2D eigenvalue weighted by atomic mass is 10.2. The van der Waals surface area contributed by atoms with Crippen molar-refractivity contribution in [1.82, 2.24) is 4.98 Å². The molecule has 0 aliphatic rings. The van der Waals surface area contributed by atoms with Gasteiger partial charge in [-0.15, -0.1) is 0 Å². The third kappa shape index (κ3) is 3.67. The highest BCUT2D eigenvalue weighted by atomic mass is 35.5. The van der Waals surface area contributed by atoms with Gasteiger partial charge >= 0.3 is 6.18 Å². The van der Waals surface area contributed by atoms with Crippen LogP contribution in [0, 0.1) is 0 Å². The van der Waals surface area contributed by atoms with Crippen LogP contribution >= 0.6 is 11.6 Å². The fourth-order valence-electron chi connectivity index (χ4n) is 1.69. The Bertz CT molecular complexity index is 810. The molecular weight excluding hydrogens is 343 g/mol. The zero-order valence-electron chi connectivity index (χ0n) is 10.7. The van der Waals surface area contributed by atoms with Crippen LogP contribution in [0.3, 0.4) is 0 Å². The summed E-state index contributed by atoms with van der Waals surface area (Å²) in [6.07, 6.45) is -2.36. The normalized spacial score (nSPS) is 12.2. The van der Waals surface area contributed by atoms with Gasteiger partial charge in [-0.2, -0.15) is 13.2 Å². The number of nitrogens with zero attached hydrogens (tertiary/aromatic N) is 1. The molecule has 1 aromatic carbocycles. The van der Waals surface area contributed by atoms with Crippen LogP contribution < -0.4 is 10.5 Å². The van der Waals surface area contributed by atoms with E-state index in [1.807, 2.05) is 0 Å². The number of nitrogens with one attached hydrogen (secondary N) is 1. The molecule has 0 aliphatic carbocycles. The first kappa shape index (κ1) is 16.5. The summed E-state index contributed by atoms with van der Waals surface area (Å²) in [6.45, 7) is 0. The minimum atomic E-state index is -4.63. The number of hydrogen-bond donors (Lipinski definition) is 2. The number of primary sulfonamides is 1. The van der Waals surface area contributed by atoms with Crippen LogP contribution in [0.4, 0.5) is 24.5 Å². The van der Waals surface area contributed by atoms with E-state index in [1.54, 1.807) is 0 Å². The third-order valence-corrected chi connectivity index (χ3v) is 3.91. The lowest BCUT2D eigenvalue weighted by Gasteiger charge is -2.13. The fourth-order valence-corrected chi connectivity index (χ4v) is 2.54. The second kappa shape index (κ2) is 5.75. The van der Waals surface area contributed by atoms with Gasteiger partial charge in [-0.3, -0.25) is 4.98 Å². The van der Waals surface area contributed by atoms with Gasteiger partial charge in [0.2, 0.25) is 10.0 Å². The standard InChI is InChI=1S/C12H9ClF3N3O2S/c13-9-2-1-7(5-8(9)12(14,15)16)19-10-3-4-18-6-11(10)22(17,20)21/h1-6H,(H,18,19)(H2,17,20,21). The monoisotopic (exact) mass is 351 g/mol. The first-order chi connectivity index (χ1) is 10.1. The Kier molecular flexibility index (Phi) is 4.32. The molecule has 0 radical (unpaired) electrons. The molecule has 1 heterocycles. The van der Waals surface area contributed by atoms with Gasteiger partial charge in [0.1, 0.15) is 4.90 Å². The number of aromatic nitrogens is 1. The van der Waals surface area contributed by atoms with E-state index in [-0.39, 0.29) is 16.3 Å². The van der Waals surface area contributed by atoms with E-state index in [9.17, 15) is 21.6 Å². The molecule has 5 nitrogen and oxygen atoms in total. The Hall–Kier alpha value is -1.84. The Morgan fingerprint density at radius 2 is 1.91 bits per heavy atom. The predicted molar refractivity (Wildman–Crippen MR) is 75.3 cm³/mol. The van der Waals surface area contributed by atoms with Gasteiger partial charge in [-0.1, -0.05) is 11.6 Å². The van der Waals surface area contributed by atoms with E-state index in [4.69, 9.17) is 16.7 Å². The van der Waals surface area contributed by atoms with Gasteiger partial charge in [0.05, 0.1) is 16.3 Å². The molecule has 0 saturated heterocycles. The molecule has 0 bridgehead atoms. The molecule has 1 aromatic heterocycles. The van der Waals surface area contributed by atoms with Crippen LogP contribution in [0.1, 0.15) is 5.56 Å². The molecule has 0 atom stereocenters. The van der Waals surface area contributed by atoms with Crippen molar-refractivity contribution in [2.45, 2.75) is 11.1 Å². The topological polar surface area (TPSA) is 85.1 Å². The van der Waals surface area contributed by atoms with E-state index in [0.717, 1.165) is 18.3 Å². The second-order valence-corrected chi connectivity index (χ2v) is 6.17. The summed E-state index contributed by atoms with van der Waals surface area (Å²) in [5.74, 6) is 0. The van der Waals surface area contributed by atoms with Crippen molar-refractivity contribution >= 4 is 33.0 Å². The molecule has 0 saturated carbocycles. The van der Waals surface area contributed by atoms with Crippen LogP contribution in [-0.2, 0) is 16.2 Å². The van der Waals surface area contributed by atoms with Crippen LogP contribution in [0.5, 0.6) is 0 Å². The van der Waals surface area contributed by atoms with E-state index in [0.29, 0.717) is 0 Å². The van der Waals surface area contributed by atoms with Crippen LogP contribution in [0.25, 0.3) is 0 Å². The number of halogens is 4. The summed E-state index contributed by atoms with van der Waals surface area (Å²) in [5, 5.41) is 7.13. The van der Waals surface area contributed by atoms with Crippen molar-refractivity contribution in [3.05, 3.63) is 47.2 Å². The van der Waals surface area contributed by atoms with Crippen molar-refractivity contribution < 1.29 is 21.6 Å². The van der Waals surface area contributed by atoms with E-state index in [2.05, 4.69) is 10.3 Å². The lowest BCUT2D eigenvalue weighted by Crippen LogP contribution is -2.14. The number of nitrogens with two attached hydrogens (primary N) is 1. The molecule has 0 unspecified atom stereocenters. The number of rotatable bonds is 3. The van der Waals surface area contributed by atoms with Crippen molar-refractivity contribution in [3.63, 3.8) is 0 Å². The summed E-state index contributed by atoms with van der Waals surface area (Å²) in [4.78, 5) is 3.29. The Balaban J connectivity index is 2.45. The maximum Gasteiger partial charge on any atom is 0.417 e. The highest BCUT2D eigenvalue weighted by molar-refractivity contribution is 7.89. The summed E-state index contributed by atoms with van der Waals surface area (Å²) >= 11 is 5.51. The van der Waals surface area contributed by atoms with Gasteiger partial charge in [0, 0.05) is 18.1 Å². The molecule has 3 N–H and O–H groups in total.